The molecule has 0 unspecified atom stereocenters. The Bertz CT molecular complexity index is 528. The summed E-state index contributed by atoms with van der Waals surface area (Å²) < 4.78 is 23.1. The van der Waals surface area contributed by atoms with Crippen molar-refractivity contribution in [3.63, 3.8) is 0 Å². The van der Waals surface area contributed by atoms with Crippen molar-refractivity contribution in [2.45, 2.75) is 20.0 Å². The quantitative estimate of drug-likeness (QED) is 0.847. The molecule has 5 nitrogen and oxygen atoms in total. The fourth-order valence-electron chi connectivity index (χ4n) is 2.09. The number of hydrogen-bond donors (Lipinski definition) is 1. The Hall–Kier alpha value is -1.14. The number of aliphatic hydroxyl groups excluding tert-OH is 1. The van der Waals surface area contributed by atoms with Crippen LogP contribution in [0.4, 0.5) is 5.82 Å². The molecule has 1 N–H and O–H groups in total. The molecule has 1 aromatic rings. The fraction of sp³-hybridized carbons (Fsp3) is 0.583. The molecule has 1 saturated heterocycles. The Balaban J connectivity index is 2.19. The van der Waals surface area contributed by atoms with Crippen LogP contribution in [-0.2, 0) is 16.4 Å². The average molecular weight is 270 g/mol. The van der Waals surface area contributed by atoms with Gasteiger partial charge in [0.1, 0.15) is 5.82 Å². The molecule has 0 atom stereocenters. The van der Waals surface area contributed by atoms with Gasteiger partial charge in [0.15, 0.2) is 9.84 Å². The summed E-state index contributed by atoms with van der Waals surface area (Å²) in [5, 5.41) is 9.10. The number of hydrogen-bond acceptors (Lipinski definition) is 5. The highest BCUT2D eigenvalue weighted by Gasteiger charge is 2.20. The minimum absolute atomic E-state index is 0.0203. The van der Waals surface area contributed by atoms with E-state index in [0.29, 0.717) is 19.5 Å². The standard InChI is InChI=1S/C12H18N2O3S/c1-10-11(9-15)3-4-12(13-10)14-5-2-7-18(16,17)8-6-14/h3-4,15H,2,5-9H2,1H3. The Morgan fingerprint density at radius 3 is 2.78 bits per heavy atom. The van der Waals surface area contributed by atoms with Gasteiger partial charge in [0, 0.05) is 18.8 Å². The summed E-state index contributed by atoms with van der Waals surface area (Å²) >= 11 is 0. The number of aromatic nitrogens is 1. The first-order valence-corrected chi connectivity index (χ1v) is 7.87. The van der Waals surface area contributed by atoms with Gasteiger partial charge in [-0.05, 0) is 25.0 Å². The summed E-state index contributed by atoms with van der Waals surface area (Å²) in [5.74, 6) is 1.24. The van der Waals surface area contributed by atoms with E-state index >= 15 is 0 Å². The van der Waals surface area contributed by atoms with E-state index in [-0.39, 0.29) is 18.1 Å². The van der Waals surface area contributed by atoms with Crippen LogP contribution in [0.5, 0.6) is 0 Å². The van der Waals surface area contributed by atoms with Gasteiger partial charge in [0.05, 0.1) is 18.1 Å². The minimum atomic E-state index is -2.89. The van der Waals surface area contributed by atoms with Gasteiger partial charge in [0.25, 0.3) is 0 Å². The van der Waals surface area contributed by atoms with Crippen LogP contribution >= 0.6 is 0 Å². The number of nitrogens with zero attached hydrogens (tertiary/aromatic N) is 2. The SMILES string of the molecule is Cc1nc(N2CCCS(=O)(=O)CC2)ccc1CO. The Kier molecular flexibility index (Phi) is 3.87. The van der Waals surface area contributed by atoms with E-state index in [1.54, 1.807) is 0 Å². The van der Waals surface area contributed by atoms with Gasteiger partial charge in [-0.3, -0.25) is 0 Å². The van der Waals surface area contributed by atoms with E-state index in [1.807, 2.05) is 24.0 Å². The van der Waals surface area contributed by atoms with Crippen molar-refractivity contribution in [3.8, 4) is 0 Å². The lowest BCUT2D eigenvalue weighted by Gasteiger charge is -2.21. The molecule has 100 valence electrons. The summed E-state index contributed by atoms with van der Waals surface area (Å²) in [7, 11) is -2.89. The zero-order valence-corrected chi connectivity index (χ0v) is 11.3. The maximum atomic E-state index is 11.5. The normalized spacial score (nSPS) is 19.6. The molecule has 0 aromatic carbocycles. The lowest BCUT2D eigenvalue weighted by Crippen LogP contribution is -2.27. The van der Waals surface area contributed by atoms with Gasteiger partial charge >= 0.3 is 0 Å². The summed E-state index contributed by atoms with van der Waals surface area (Å²) in [4.78, 5) is 6.43. The number of pyridine rings is 1. The van der Waals surface area contributed by atoms with Crippen LogP contribution < -0.4 is 4.90 Å². The molecule has 0 saturated carbocycles. The molecule has 1 fully saturated rings. The Morgan fingerprint density at radius 1 is 1.33 bits per heavy atom. The number of anilines is 1. The first kappa shape index (κ1) is 13.3. The first-order chi connectivity index (χ1) is 8.52. The van der Waals surface area contributed by atoms with Gasteiger partial charge in [0.2, 0.25) is 0 Å². The van der Waals surface area contributed by atoms with Crippen molar-refractivity contribution in [1.29, 1.82) is 0 Å². The van der Waals surface area contributed by atoms with Crippen molar-refractivity contribution in [2.24, 2.45) is 0 Å². The topological polar surface area (TPSA) is 70.5 Å². The third-order valence-electron chi connectivity index (χ3n) is 3.23. The second-order valence-electron chi connectivity index (χ2n) is 4.56. The van der Waals surface area contributed by atoms with Gasteiger partial charge in [-0.15, -0.1) is 0 Å². The second-order valence-corrected chi connectivity index (χ2v) is 6.87. The van der Waals surface area contributed by atoms with Gasteiger partial charge in [-0.2, -0.15) is 0 Å². The molecule has 1 aliphatic rings. The molecule has 1 aliphatic heterocycles. The summed E-state index contributed by atoms with van der Waals surface area (Å²) in [6.07, 6.45) is 0.644. The largest absolute Gasteiger partial charge is 0.392 e. The predicted molar refractivity (Wildman–Crippen MR) is 70.4 cm³/mol. The molecule has 2 heterocycles. The van der Waals surface area contributed by atoms with E-state index in [9.17, 15) is 8.42 Å². The molecule has 6 heteroatoms. The third-order valence-corrected chi connectivity index (χ3v) is 4.95. The number of aryl methyl sites for hydroxylation is 1. The minimum Gasteiger partial charge on any atom is -0.392 e. The van der Waals surface area contributed by atoms with Crippen LogP contribution in [0.15, 0.2) is 12.1 Å². The molecule has 2 rings (SSSR count). The van der Waals surface area contributed by atoms with Crippen LogP contribution in [0.1, 0.15) is 17.7 Å². The summed E-state index contributed by atoms with van der Waals surface area (Å²) in [6, 6.07) is 3.69. The van der Waals surface area contributed by atoms with Crippen LogP contribution in [0.3, 0.4) is 0 Å². The molecule has 0 radical (unpaired) electrons. The lowest BCUT2D eigenvalue weighted by atomic mass is 10.2. The van der Waals surface area contributed by atoms with Crippen molar-refractivity contribution in [1.82, 2.24) is 4.98 Å². The highest BCUT2D eigenvalue weighted by atomic mass is 32.2. The molecule has 0 bridgehead atoms. The van der Waals surface area contributed by atoms with E-state index < -0.39 is 9.84 Å². The van der Waals surface area contributed by atoms with E-state index in [1.165, 1.54) is 0 Å². The number of aliphatic hydroxyl groups is 1. The Morgan fingerprint density at radius 2 is 2.11 bits per heavy atom. The Labute approximate surface area is 107 Å². The van der Waals surface area contributed by atoms with Crippen molar-refractivity contribution in [2.75, 3.05) is 29.5 Å². The lowest BCUT2D eigenvalue weighted by molar-refractivity contribution is 0.280. The highest BCUT2D eigenvalue weighted by Crippen LogP contribution is 2.17. The predicted octanol–water partition coefficient (Wildman–Crippen LogP) is 0.507. The molecule has 0 spiro atoms. The highest BCUT2D eigenvalue weighted by molar-refractivity contribution is 7.91. The van der Waals surface area contributed by atoms with Gasteiger partial charge < -0.3 is 10.0 Å². The number of rotatable bonds is 2. The van der Waals surface area contributed by atoms with Crippen LogP contribution in [0.25, 0.3) is 0 Å². The molecule has 18 heavy (non-hydrogen) atoms. The zero-order valence-electron chi connectivity index (χ0n) is 10.5. The first-order valence-electron chi connectivity index (χ1n) is 6.04. The molecule has 0 amide bonds. The second kappa shape index (κ2) is 5.24. The average Bonchev–Trinajstić information content (AvgIpc) is 2.50. The monoisotopic (exact) mass is 270 g/mol. The van der Waals surface area contributed by atoms with E-state index in [4.69, 9.17) is 5.11 Å². The smallest absolute Gasteiger partial charge is 0.152 e. The summed E-state index contributed by atoms with van der Waals surface area (Å²) in [5.41, 5.74) is 1.60. The fourth-order valence-corrected chi connectivity index (χ4v) is 3.36. The van der Waals surface area contributed by atoms with Crippen molar-refractivity contribution in [3.05, 3.63) is 23.4 Å². The maximum absolute atomic E-state index is 11.5. The van der Waals surface area contributed by atoms with E-state index in [0.717, 1.165) is 17.1 Å². The number of sulfone groups is 1. The summed E-state index contributed by atoms with van der Waals surface area (Å²) in [6.45, 7) is 3.04. The van der Waals surface area contributed by atoms with Crippen molar-refractivity contribution >= 4 is 15.7 Å². The van der Waals surface area contributed by atoms with Gasteiger partial charge in [-0.25, -0.2) is 13.4 Å². The van der Waals surface area contributed by atoms with Gasteiger partial charge in [-0.1, -0.05) is 6.07 Å². The van der Waals surface area contributed by atoms with Crippen LogP contribution in [-0.4, -0.2) is 43.1 Å². The zero-order chi connectivity index (χ0) is 13.2. The van der Waals surface area contributed by atoms with E-state index in [2.05, 4.69) is 4.98 Å². The van der Waals surface area contributed by atoms with Crippen molar-refractivity contribution < 1.29 is 13.5 Å². The molecule has 1 aromatic heterocycles. The van der Waals surface area contributed by atoms with Crippen LogP contribution in [0, 0.1) is 6.92 Å². The third kappa shape index (κ3) is 3.00. The van der Waals surface area contributed by atoms with Crippen LogP contribution in [0.2, 0.25) is 0 Å². The molecular formula is C12H18N2O3S. The molecule has 0 aliphatic carbocycles. The molecular weight excluding hydrogens is 252 g/mol. The maximum Gasteiger partial charge on any atom is 0.152 e.